The van der Waals surface area contributed by atoms with Crippen molar-refractivity contribution in [3.63, 3.8) is 0 Å². The Bertz CT molecular complexity index is 913. The van der Waals surface area contributed by atoms with Crippen molar-refractivity contribution in [2.24, 2.45) is 17.8 Å². The van der Waals surface area contributed by atoms with Gasteiger partial charge in [0.1, 0.15) is 0 Å². The van der Waals surface area contributed by atoms with Gasteiger partial charge in [0.2, 0.25) is 0 Å². The fourth-order valence-electron chi connectivity index (χ4n) is 5.91. The summed E-state index contributed by atoms with van der Waals surface area (Å²) in [5, 5.41) is 12.2. The van der Waals surface area contributed by atoms with Gasteiger partial charge in [0.05, 0.1) is 17.9 Å². The number of nitrogens with two attached hydrogens (primary N) is 1. The molecule has 33 heavy (non-hydrogen) atoms. The van der Waals surface area contributed by atoms with Crippen molar-refractivity contribution in [2.75, 3.05) is 18.8 Å². The molecule has 6 rings (SSSR count). The van der Waals surface area contributed by atoms with Gasteiger partial charge in [-0.3, -0.25) is 4.90 Å². The van der Waals surface area contributed by atoms with Crippen LogP contribution in [0.4, 0.5) is 14.6 Å². The van der Waals surface area contributed by atoms with E-state index in [4.69, 9.17) is 15.9 Å². The summed E-state index contributed by atoms with van der Waals surface area (Å²) in [6.07, 6.45) is 8.72. The maximum Gasteiger partial charge on any atom is 0.387 e. The predicted molar refractivity (Wildman–Crippen MR) is 121 cm³/mol. The van der Waals surface area contributed by atoms with Crippen LogP contribution < -0.4 is 15.8 Å². The second-order valence-electron chi connectivity index (χ2n) is 10.0. The lowest BCUT2D eigenvalue weighted by Crippen LogP contribution is -2.59. The molecule has 2 aliphatic carbocycles. The molecule has 7 atom stereocenters. The second kappa shape index (κ2) is 8.83. The number of hydrogen-bond donors (Lipinski definition) is 3. The molecule has 3 saturated heterocycles. The number of aromatic nitrogens is 1. The fourth-order valence-corrected chi connectivity index (χ4v) is 5.91. The van der Waals surface area contributed by atoms with Crippen molar-refractivity contribution in [2.45, 2.75) is 70.4 Å². The lowest BCUT2D eigenvalue weighted by molar-refractivity contribution is -0.188. The van der Waals surface area contributed by atoms with E-state index in [1.54, 1.807) is 0 Å². The molecule has 5 aliphatic rings. The first-order chi connectivity index (χ1) is 15.8. The van der Waals surface area contributed by atoms with Crippen molar-refractivity contribution in [3.8, 4) is 5.75 Å². The van der Waals surface area contributed by atoms with Crippen molar-refractivity contribution in [1.29, 1.82) is 5.41 Å². The average molecular weight is 462 g/mol. The summed E-state index contributed by atoms with van der Waals surface area (Å²) in [5.74, 6) is 1.37. The third-order valence-electron chi connectivity index (χ3n) is 7.82. The maximum atomic E-state index is 12.7. The first-order valence-electron chi connectivity index (χ1n) is 12.0. The number of ether oxygens (including phenoxy) is 2. The zero-order chi connectivity index (χ0) is 23.3. The molecular formula is C24H33F2N5O2. The largest absolute Gasteiger partial charge is 0.431 e. The number of nitrogens with one attached hydrogen (secondary N) is 2. The standard InChI is InChI=1S/C24H33F2N5O2/c1-3-12(2)30-20(8-19(27)13-4-21(33-24(25)26)23(28)29-9-13)22-17-5-14(6-18(17)22)31-10-15-7-16(11-31)32-15/h4,8-9,12,14-18,22,24,27,30H,3,5-7,10-11H2,1-2H3,(H2,28,29)/b20-8-,27-19?/t12?,14-,15?,16?,17+,18-,22-. The van der Waals surface area contributed by atoms with Crippen molar-refractivity contribution >= 4 is 11.5 Å². The number of hydrogen-bond acceptors (Lipinski definition) is 7. The molecule has 0 amide bonds. The number of nitrogens with zero attached hydrogens (tertiary/aromatic N) is 2. The van der Waals surface area contributed by atoms with Crippen LogP contribution in [-0.2, 0) is 4.74 Å². The van der Waals surface area contributed by atoms with Crippen LogP contribution in [0.5, 0.6) is 5.75 Å². The van der Waals surface area contributed by atoms with E-state index in [-0.39, 0.29) is 23.3 Å². The quantitative estimate of drug-likeness (QED) is 0.488. The van der Waals surface area contributed by atoms with Crippen LogP contribution in [0.1, 0.15) is 45.1 Å². The van der Waals surface area contributed by atoms with E-state index in [0.29, 0.717) is 41.6 Å². The highest BCUT2D eigenvalue weighted by Gasteiger charge is 2.59. The number of piperidine rings is 1. The molecule has 4 N–H and O–H groups in total. The molecule has 0 radical (unpaired) electrons. The van der Waals surface area contributed by atoms with Crippen molar-refractivity contribution < 1.29 is 18.3 Å². The molecule has 7 nitrogen and oxygen atoms in total. The van der Waals surface area contributed by atoms with Gasteiger partial charge in [0, 0.05) is 55.0 Å². The van der Waals surface area contributed by atoms with Crippen LogP contribution >= 0.6 is 0 Å². The number of halogens is 2. The summed E-state index contributed by atoms with van der Waals surface area (Å²) in [7, 11) is 0. The number of rotatable bonds is 9. The van der Waals surface area contributed by atoms with Gasteiger partial charge in [-0.15, -0.1) is 0 Å². The molecule has 2 saturated carbocycles. The van der Waals surface area contributed by atoms with Gasteiger partial charge in [-0.25, -0.2) is 4.98 Å². The van der Waals surface area contributed by atoms with E-state index >= 15 is 0 Å². The molecule has 4 heterocycles. The number of nitrogen functional groups attached to an aromatic ring is 1. The van der Waals surface area contributed by atoms with Crippen LogP contribution in [0.15, 0.2) is 24.0 Å². The Kier molecular flexibility index (Phi) is 6.03. The summed E-state index contributed by atoms with van der Waals surface area (Å²) in [4.78, 5) is 6.57. The predicted octanol–water partition coefficient (Wildman–Crippen LogP) is 3.40. The molecule has 3 unspecified atom stereocenters. The fraction of sp³-hybridized carbons (Fsp3) is 0.667. The van der Waals surface area contributed by atoms with E-state index in [1.165, 1.54) is 31.5 Å². The topological polar surface area (TPSA) is 96.5 Å². The first-order valence-corrected chi connectivity index (χ1v) is 12.0. The van der Waals surface area contributed by atoms with Gasteiger partial charge in [0.15, 0.2) is 11.6 Å². The van der Waals surface area contributed by atoms with E-state index < -0.39 is 6.61 Å². The number of alkyl halides is 2. The van der Waals surface area contributed by atoms with Gasteiger partial charge in [-0.05, 0) is 50.2 Å². The third kappa shape index (κ3) is 4.57. The molecule has 180 valence electrons. The highest BCUT2D eigenvalue weighted by atomic mass is 19.3. The van der Waals surface area contributed by atoms with Gasteiger partial charge < -0.3 is 25.9 Å². The van der Waals surface area contributed by atoms with Gasteiger partial charge in [0.25, 0.3) is 0 Å². The van der Waals surface area contributed by atoms with Gasteiger partial charge in [-0.1, -0.05) is 6.92 Å². The lowest BCUT2D eigenvalue weighted by Gasteiger charge is -2.49. The number of pyridine rings is 1. The van der Waals surface area contributed by atoms with E-state index in [1.807, 2.05) is 6.08 Å². The molecular weight excluding hydrogens is 428 g/mol. The Balaban J connectivity index is 1.28. The highest BCUT2D eigenvalue weighted by Crippen LogP contribution is 2.61. The molecule has 3 aliphatic heterocycles. The van der Waals surface area contributed by atoms with Gasteiger partial charge in [-0.2, -0.15) is 8.78 Å². The van der Waals surface area contributed by atoms with Crippen LogP contribution in [-0.4, -0.2) is 59.6 Å². The average Bonchev–Trinajstić information content (AvgIpc) is 3.26. The molecule has 2 bridgehead atoms. The maximum absolute atomic E-state index is 12.7. The Labute approximate surface area is 193 Å². The zero-order valence-electron chi connectivity index (χ0n) is 19.1. The third-order valence-corrected chi connectivity index (χ3v) is 7.82. The Hall–Kier alpha value is -2.26. The summed E-state index contributed by atoms with van der Waals surface area (Å²) in [5.41, 5.74) is 7.33. The van der Waals surface area contributed by atoms with Gasteiger partial charge >= 0.3 is 6.61 Å². The molecule has 1 aromatic heterocycles. The van der Waals surface area contributed by atoms with Crippen molar-refractivity contribution in [1.82, 2.24) is 15.2 Å². The number of anilines is 1. The van der Waals surface area contributed by atoms with E-state index in [9.17, 15) is 8.78 Å². The zero-order valence-corrected chi connectivity index (χ0v) is 19.1. The minimum atomic E-state index is -2.99. The smallest absolute Gasteiger partial charge is 0.387 e. The molecule has 0 aromatic carbocycles. The monoisotopic (exact) mass is 461 g/mol. The number of fused-ring (bicyclic) bond motifs is 3. The molecule has 5 fully saturated rings. The van der Waals surface area contributed by atoms with Crippen LogP contribution in [0, 0.1) is 23.2 Å². The minimum absolute atomic E-state index is 0.114. The van der Waals surface area contributed by atoms with Crippen LogP contribution in [0.3, 0.4) is 0 Å². The number of morpholine rings is 1. The minimum Gasteiger partial charge on any atom is -0.431 e. The summed E-state index contributed by atoms with van der Waals surface area (Å²) < 4.78 is 35.6. The Morgan fingerprint density at radius 3 is 2.61 bits per heavy atom. The molecule has 9 heteroatoms. The van der Waals surface area contributed by atoms with E-state index in [0.717, 1.165) is 25.2 Å². The Morgan fingerprint density at radius 1 is 1.33 bits per heavy atom. The lowest BCUT2D eigenvalue weighted by atomic mass is 9.94. The second-order valence-corrected chi connectivity index (χ2v) is 10.0. The molecule has 1 aromatic rings. The van der Waals surface area contributed by atoms with Crippen LogP contribution in [0.25, 0.3) is 0 Å². The SMILES string of the molecule is CCC(C)N/C(=C\C(=N)c1cnc(N)c(OC(F)F)c1)[C@H]1[C@@H]2C[C@H](N3CC4CC(C3)O4)C[C@@H]21. The van der Waals surface area contributed by atoms with E-state index in [2.05, 4.69) is 33.8 Å². The summed E-state index contributed by atoms with van der Waals surface area (Å²) in [6, 6.07) is 2.29. The summed E-state index contributed by atoms with van der Waals surface area (Å²) in [6.45, 7) is 3.41. The van der Waals surface area contributed by atoms with Crippen LogP contribution in [0.2, 0.25) is 0 Å². The number of allylic oxidation sites excluding steroid dienone is 2. The summed E-state index contributed by atoms with van der Waals surface area (Å²) >= 11 is 0. The first kappa shape index (κ1) is 22.5. The highest BCUT2D eigenvalue weighted by molar-refractivity contribution is 6.07. The Morgan fingerprint density at radius 2 is 2.00 bits per heavy atom. The normalized spacial score (nSPS) is 33.9. The van der Waals surface area contributed by atoms with Crippen molar-refractivity contribution in [3.05, 3.63) is 29.6 Å². The molecule has 0 spiro atoms.